The van der Waals surface area contributed by atoms with Crippen LogP contribution in [0.2, 0.25) is 0 Å². The van der Waals surface area contributed by atoms with Crippen molar-refractivity contribution in [3.8, 4) is 10.4 Å². The zero-order valence-corrected chi connectivity index (χ0v) is 19.5. The first kappa shape index (κ1) is 24.9. The van der Waals surface area contributed by atoms with Crippen LogP contribution in [0.4, 0.5) is 23.1 Å². The molecule has 0 saturated carbocycles. The highest BCUT2D eigenvalue weighted by atomic mass is 32.1. The summed E-state index contributed by atoms with van der Waals surface area (Å²) in [6, 6.07) is 1.67. The Morgan fingerprint density at radius 1 is 1.36 bits per heavy atom. The molecule has 3 rings (SSSR count). The molecule has 0 aromatic carbocycles. The summed E-state index contributed by atoms with van der Waals surface area (Å²) < 4.78 is 45.5. The monoisotopic (exact) mass is 485 g/mol. The summed E-state index contributed by atoms with van der Waals surface area (Å²) in [6.07, 6.45) is -2.56. The number of carbonyl (C=O) groups is 2. The van der Waals surface area contributed by atoms with Gasteiger partial charge in [-0.25, -0.2) is 9.78 Å². The molecule has 3 N–H and O–H groups in total. The van der Waals surface area contributed by atoms with Crippen molar-refractivity contribution >= 4 is 28.4 Å². The van der Waals surface area contributed by atoms with E-state index < -0.39 is 29.6 Å². The third kappa shape index (κ3) is 4.96. The predicted molar refractivity (Wildman–Crippen MR) is 118 cm³/mol. The molecule has 2 atom stereocenters. The Morgan fingerprint density at radius 3 is 2.67 bits per heavy atom. The van der Waals surface area contributed by atoms with Gasteiger partial charge in [-0.15, -0.1) is 0 Å². The van der Waals surface area contributed by atoms with E-state index in [-0.39, 0.29) is 16.7 Å². The van der Waals surface area contributed by atoms with Gasteiger partial charge in [0.1, 0.15) is 11.5 Å². The summed E-state index contributed by atoms with van der Waals surface area (Å²) >= 11 is 1.13. The van der Waals surface area contributed by atoms with E-state index >= 15 is 0 Å². The number of pyridine rings is 1. The normalized spacial score (nSPS) is 19.1. The molecule has 180 valence electrons. The maximum atomic E-state index is 13.4. The molecular formula is C21H26F3N5O3S. The zero-order valence-electron chi connectivity index (χ0n) is 18.7. The third-order valence-corrected chi connectivity index (χ3v) is 6.96. The number of amides is 3. The molecule has 1 aliphatic heterocycles. The lowest BCUT2D eigenvalue weighted by atomic mass is 9.87. The van der Waals surface area contributed by atoms with Crippen molar-refractivity contribution in [1.29, 1.82) is 0 Å². The zero-order chi connectivity index (χ0) is 24.6. The van der Waals surface area contributed by atoms with Gasteiger partial charge in [0.2, 0.25) is 5.91 Å². The van der Waals surface area contributed by atoms with Gasteiger partial charge in [0, 0.05) is 25.8 Å². The lowest BCUT2D eigenvalue weighted by Gasteiger charge is -2.27. The lowest BCUT2D eigenvalue weighted by Crippen LogP contribution is -2.48. The van der Waals surface area contributed by atoms with Crippen LogP contribution < -0.4 is 11.1 Å². The van der Waals surface area contributed by atoms with Gasteiger partial charge < -0.3 is 15.4 Å². The second-order valence-electron chi connectivity index (χ2n) is 8.46. The first-order valence-electron chi connectivity index (χ1n) is 10.2. The number of hydrogen-bond acceptors (Lipinski definition) is 6. The van der Waals surface area contributed by atoms with Crippen molar-refractivity contribution in [2.24, 2.45) is 11.7 Å². The predicted octanol–water partition coefficient (Wildman–Crippen LogP) is 3.71. The smallest absolute Gasteiger partial charge is 0.384 e. The molecule has 2 aromatic rings. The minimum atomic E-state index is -4.46. The first-order valence-corrected chi connectivity index (χ1v) is 11.1. The topological polar surface area (TPSA) is 110 Å². The summed E-state index contributed by atoms with van der Waals surface area (Å²) in [5, 5.41) is 2.94. The highest BCUT2D eigenvalue weighted by molar-refractivity contribution is 7.19. The summed E-state index contributed by atoms with van der Waals surface area (Å²) in [6.45, 7) is 4.49. The third-order valence-electron chi connectivity index (χ3n) is 5.84. The summed E-state index contributed by atoms with van der Waals surface area (Å²) in [5.41, 5.74) is 4.33. The van der Waals surface area contributed by atoms with Gasteiger partial charge in [0.15, 0.2) is 5.13 Å². The molecule has 3 heterocycles. The molecule has 0 spiro atoms. The van der Waals surface area contributed by atoms with E-state index in [2.05, 4.69) is 15.3 Å². The Morgan fingerprint density at radius 2 is 2.06 bits per heavy atom. The molecule has 12 heteroatoms. The number of nitrogens with zero attached hydrogens (tertiary/aromatic N) is 3. The van der Waals surface area contributed by atoms with Gasteiger partial charge in [-0.1, -0.05) is 11.3 Å². The number of aromatic nitrogens is 2. The summed E-state index contributed by atoms with van der Waals surface area (Å²) in [4.78, 5) is 35.0. The largest absolute Gasteiger partial charge is 0.399 e. The molecule has 1 fully saturated rings. The quantitative estimate of drug-likeness (QED) is 0.648. The molecule has 8 nitrogen and oxygen atoms in total. The van der Waals surface area contributed by atoms with Crippen LogP contribution in [0.1, 0.15) is 31.7 Å². The maximum Gasteiger partial charge on any atom is 0.399 e. The molecule has 3 amide bonds. The van der Waals surface area contributed by atoms with E-state index in [1.54, 1.807) is 13.0 Å². The number of nitrogens with one attached hydrogen (secondary N) is 1. The van der Waals surface area contributed by atoms with Crippen LogP contribution in [0, 0.1) is 12.8 Å². The number of halogens is 3. The van der Waals surface area contributed by atoms with Gasteiger partial charge >= 0.3 is 12.2 Å². The Labute approximate surface area is 193 Å². The summed E-state index contributed by atoms with van der Waals surface area (Å²) in [5.74, 6) is -0.809. The second-order valence-corrected chi connectivity index (χ2v) is 9.46. The van der Waals surface area contributed by atoms with Crippen molar-refractivity contribution in [2.75, 3.05) is 25.6 Å². The van der Waals surface area contributed by atoms with Crippen molar-refractivity contribution in [3.05, 3.63) is 29.7 Å². The fourth-order valence-corrected chi connectivity index (χ4v) is 4.75. The number of hydrogen-bond donors (Lipinski definition) is 2. The van der Waals surface area contributed by atoms with Gasteiger partial charge in [-0.05, 0) is 44.9 Å². The standard InChI is InChI=1S/C21H26F3N5O3S/c1-11-16(12-5-7-26-14(9-12)20(2,3)21(22,23)24)33-18(27-11)28-19(31)29-8-6-13(10-32-4)15(29)17(25)30/h5,7,9,13,15H,6,8,10H2,1-4H3,(H2,25,30)(H,27,28,31). The number of thiazole rings is 1. The Kier molecular flexibility index (Phi) is 6.99. The number of rotatable bonds is 6. The molecule has 0 radical (unpaired) electrons. The number of urea groups is 1. The number of methoxy groups -OCH3 is 1. The van der Waals surface area contributed by atoms with E-state index in [9.17, 15) is 22.8 Å². The number of carbonyl (C=O) groups excluding carboxylic acids is 2. The first-order chi connectivity index (χ1) is 15.4. The Bertz CT molecular complexity index is 1040. The fraction of sp³-hybridized carbons (Fsp3) is 0.524. The second kappa shape index (κ2) is 9.26. The highest BCUT2D eigenvalue weighted by Crippen LogP contribution is 2.41. The molecular weight excluding hydrogens is 459 g/mol. The minimum Gasteiger partial charge on any atom is -0.384 e. The van der Waals surface area contributed by atoms with Crippen LogP contribution in [0.5, 0.6) is 0 Å². The highest BCUT2D eigenvalue weighted by Gasteiger charge is 2.49. The van der Waals surface area contributed by atoms with Crippen molar-refractivity contribution in [1.82, 2.24) is 14.9 Å². The van der Waals surface area contributed by atoms with Crippen LogP contribution >= 0.6 is 11.3 Å². The van der Waals surface area contributed by atoms with Crippen LogP contribution in [-0.2, 0) is 14.9 Å². The number of likely N-dealkylation sites (tertiary alicyclic amines) is 1. The van der Waals surface area contributed by atoms with Gasteiger partial charge in [-0.2, -0.15) is 13.2 Å². The number of anilines is 1. The molecule has 2 aromatic heterocycles. The van der Waals surface area contributed by atoms with Crippen LogP contribution in [0.3, 0.4) is 0 Å². The van der Waals surface area contributed by atoms with E-state index in [0.29, 0.717) is 35.7 Å². The fourth-order valence-electron chi connectivity index (χ4n) is 3.80. The van der Waals surface area contributed by atoms with Crippen molar-refractivity contribution < 1.29 is 27.5 Å². The molecule has 0 bridgehead atoms. The number of ether oxygens (including phenoxy) is 1. The van der Waals surface area contributed by atoms with Gasteiger partial charge in [0.25, 0.3) is 0 Å². The molecule has 1 aliphatic rings. The summed E-state index contributed by atoms with van der Waals surface area (Å²) in [7, 11) is 1.51. The van der Waals surface area contributed by atoms with Crippen molar-refractivity contribution in [2.45, 2.75) is 44.8 Å². The number of nitrogens with two attached hydrogens (primary N) is 1. The Hall–Kier alpha value is -2.73. The average Bonchev–Trinajstić information content (AvgIpc) is 3.31. The number of primary amides is 1. The van der Waals surface area contributed by atoms with Crippen LogP contribution in [0.25, 0.3) is 10.4 Å². The molecule has 1 saturated heterocycles. The van der Waals surface area contributed by atoms with Crippen molar-refractivity contribution in [3.63, 3.8) is 0 Å². The van der Waals surface area contributed by atoms with Crippen LogP contribution in [0.15, 0.2) is 18.3 Å². The Balaban J connectivity index is 1.82. The molecule has 33 heavy (non-hydrogen) atoms. The number of alkyl halides is 3. The van der Waals surface area contributed by atoms with E-state index in [4.69, 9.17) is 10.5 Å². The lowest BCUT2D eigenvalue weighted by molar-refractivity contribution is -0.181. The maximum absolute atomic E-state index is 13.4. The minimum absolute atomic E-state index is 0.114. The number of aryl methyl sites for hydroxylation is 1. The van der Waals surface area contributed by atoms with Crippen LogP contribution in [-0.4, -0.2) is 59.3 Å². The van der Waals surface area contributed by atoms with Gasteiger partial charge in [0.05, 0.1) is 22.9 Å². The van der Waals surface area contributed by atoms with E-state index in [0.717, 1.165) is 25.2 Å². The molecule has 2 unspecified atom stereocenters. The molecule has 0 aliphatic carbocycles. The SMILES string of the molecule is COCC1CCN(C(=O)Nc2nc(C)c(-c3ccnc(C(C)(C)C(F)(F)F)c3)s2)C1C(N)=O. The van der Waals surface area contributed by atoms with E-state index in [1.165, 1.54) is 24.3 Å². The van der Waals surface area contributed by atoms with E-state index in [1.807, 2.05) is 0 Å². The van der Waals surface area contributed by atoms with Gasteiger partial charge in [-0.3, -0.25) is 15.1 Å². The average molecular weight is 486 g/mol.